The highest BCUT2D eigenvalue weighted by atomic mass is 16.1. The molecule has 23 heavy (non-hydrogen) atoms. The number of primary amides is 1. The Hall–Kier alpha value is -2.33. The summed E-state index contributed by atoms with van der Waals surface area (Å²) in [5.74, 6) is -0.355. The Balaban J connectivity index is 1.60. The molecular formula is C19H24N3O+. The topological polar surface area (TPSA) is 50.8 Å². The zero-order valence-electron chi connectivity index (χ0n) is 13.6. The number of amides is 1. The lowest BCUT2D eigenvalue weighted by atomic mass is 10.1. The van der Waals surface area contributed by atoms with Crippen molar-refractivity contribution in [3.63, 3.8) is 0 Å². The van der Waals surface area contributed by atoms with Gasteiger partial charge in [-0.15, -0.1) is 0 Å². The molecule has 0 bridgehead atoms. The summed E-state index contributed by atoms with van der Waals surface area (Å²) in [6.45, 7) is 7.46. The van der Waals surface area contributed by atoms with E-state index in [0.29, 0.717) is 5.56 Å². The number of carbonyl (C=O) groups is 1. The highest BCUT2D eigenvalue weighted by molar-refractivity contribution is 5.92. The molecular weight excluding hydrogens is 286 g/mol. The molecule has 0 aromatic heterocycles. The minimum Gasteiger partial charge on any atom is -0.366 e. The molecule has 0 saturated carbocycles. The second-order valence-electron chi connectivity index (χ2n) is 6.26. The first-order valence-electron chi connectivity index (χ1n) is 8.16. The zero-order valence-corrected chi connectivity index (χ0v) is 13.6. The van der Waals surface area contributed by atoms with Gasteiger partial charge in [-0.3, -0.25) is 4.79 Å². The van der Waals surface area contributed by atoms with Gasteiger partial charge < -0.3 is 15.5 Å². The van der Waals surface area contributed by atoms with Crippen molar-refractivity contribution in [2.24, 2.45) is 5.73 Å². The number of hydrogen-bond acceptors (Lipinski definition) is 2. The number of benzene rings is 2. The number of nitrogens with one attached hydrogen (secondary N) is 1. The third-order valence-electron chi connectivity index (χ3n) is 4.59. The molecule has 0 radical (unpaired) electrons. The van der Waals surface area contributed by atoms with Gasteiger partial charge in [0, 0.05) is 16.8 Å². The Bertz CT molecular complexity index is 691. The van der Waals surface area contributed by atoms with Crippen molar-refractivity contribution < 1.29 is 9.69 Å². The largest absolute Gasteiger partial charge is 0.366 e. The number of nitrogens with zero attached hydrogens (tertiary/aromatic N) is 1. The lowest BCUT2D eigenvalue weighted by molar-refractivity contribution is -0.914. The van der Waals surface area contributed by atoms with Crippen LogP contribution in [0.2, 0.25) is 0 Å². The number of anilines is 1. The summed E-state index contributed by atoms with van der Waals surface area (Å²) in [7, 11) is 0. The molecule has 1 aliphatic heterocycles. The van der Waals surface area contributed by atoms with E-state index in [1.165, 1.54) is 16.8 Å². The second-order valence-corrected chi connectivity index (χ2v) is 6.26. The van der Waals surface area contributed by atoms with E-state index in [9.17, 15) is 4.79 Å². The molecule has 0 spiro atoms. The molecule has 1 saturated heterocycles. The van der Waals surface area contributed by atoms with E-state index in [0.717, 1.165) is 32.7 Å². The molecule has 1 aliphatic rings. The summed E-state index contributed by atoms with van der Waals surface area (Å²) in [4.78, 5) is 15.3. The predicted octanol–water partition coefficient (Wildman–Crippen LogP) is 0.999. The van der Waals surface area contributed by atoms with Crippen LogP contribution < -0.4 is 15.5 Å². The van der Waals surface area contributed by atoms with Gasteiger partial charge in [0.15, 0.2) is 0 Å². The summed E-state index contributed by atoms with van der Waals surface area (Å²) < 4.78 is 0. The fourth-order valence-corrected chi connectivity index (χ4v) is 3.28. The Morgan fingerprint density at radius 2 is 1.87 bits per heavy atom. The van der Waals surface area contributed by atoms with Crippen molar-refractivity contribution in [1.29, 1.82) is 0 Å². The van der Waals surface area contributed by atoms with Crippen molar-refractivity contribution in [3.05, 3.63) is 65.2 Å². The van der Waals surface area contributed by atoms with Gasteiger partial charge in [0.25, 0.3) is 0 Å². The minimum atomic E-state index is -0.355. The molecule has 2 aromatic carbocycles. The van der Waals surface area contributed by atoms with Gasteiger partial charge in [0.1, 0.15) is 6.54 Å². The molecule has 0 unspecified atom stereocenters. The molecule has 4 heteroatoms. The van der Waals surface area contributed by atoms with Crippen LogP contribution in [0, 0.1) is 6.92 Å². The standard InChI is InChI=1S/C19H23N3O/c1-15-5-2-3-8-18(15)22-11-9-21(10-12-22)14-16-6-4-7-17(13-16)19(20)23/h2-8,13H,9-12,14H2,1H3,(H2,20,23)/p+1. The van der Waals surface area contributed by atoms with Crippen LogP contribution in [0.25, 0.3) is 0 Å². The molecule has 0 atom stereocenters. The Morgan fingerprint density at radius 1 is 1.13 bits per heavy atom. The number of carbonyl (C=O) groups excluding carboxylic acids is 1. The molecule has 120 valence electrons. The third kappa shape index (κ3) is 3.71. The fourth-order valence-electron chi connectivity index (χ4n) is 3.28. The van der Waals surface area contributed by atoms with Gasteiger partial charge in [0.2, 0.25) is 5.91 Å². The molecule has 3 N–H and O–H groups in total. The molecule has 4 nitrogen and oxygen atoms in total. The average molecular weight is 310 g/mol. The van der Waals surface area contributed by atoms with E-state index >= 15 is 0 Å². The van der Waals surface area contributed by atoms with Crippen molar-refractivity contribution in [1.82, 2.24) is 0 Å². The van der Waals surface area contributed by atoms with Crippen LogP contribution in [-0.2, 0) is 6.54 Å². The van der Waals surface area contributed by atoms with E-state index < -0.39 is 0 Å². The van der Waals surface area contributed by atoms with E-state index in [1.807, 2.05) is 12.1 Å². The third-order valence-corrected chi connectivity index (χ3v) is 4.59. The summed E-state index contributed by atoms with van der Waals surface area (Å²) in [5, 5.41) is 0. The highest BCUT2D eigenvalue weighted by Gasteiger charge is 2.21. The smallest absolute Gasteiger partial charge is 0.248 e. The van der Waals surface area contributed by atoms with Crippen molar-refractivity contribution in [2.75, 3.05) is 31.1 Å². The van der Waals surface area contributed by atoms with Crippen LogP contribution in [0.1, 0.15) is 21.5 Å². The lowest BCUT2D eigenvalue weighted by Crippen LogP contribution is -3.13. The molecule has 3 rings (SSSR count). The quantitative estimate of drug-likeness (QED) is 0.885. The number of rotatable bonds is 4. The predicted molar refractivity (Wildman–Crippen MR) is 92.8 cm³/mol. The Labute approximate surface area is 137 Å². The Kier molecular flexibility index (Phi) is 4.63. The monoisotopic (exact) mass is 310 g/mol. The van der Waals surface area contributed by atoms with Crippen molar-refractivity contribution in [2.45, 2.75) is 13.5 Å². The van der Waals surface area contributed by atoms with Gasteiger partial charge in [-0.05, 0) is 30.7 Å². The summed E-state index contributed by atoms with van der Waals surface area (Å²) in [6.07, 6.45) is 0. The minimum absolute atomic E-state index is 0.355. The summed E-state index contributed by atoms with van der Waals surface area (Å²) >= 11 is 0. The van der Waals surface area contributed by atoms with Crippen LogP contribution >= 0.6 is 0 Å². The molecule has 1 amide bonds. The lowest BCUT2D eigenvalue weighted by Gasteiger charge is -2.34. The van der Waals surface area contributed by atoms with E-state index in [2.05, 4.69) is 42.2 Å². The zero-order chi connectivity index (χ0) is 16.2. The first-order valence-corrected chi connectivity index (χ1v) is 8.16. The normalized spacial score (nSPS) is 15.6. The average Bonchev–Trinajstić information content (AvgIpc) is 2.56. The van der Waals surface area contributed by atoms with Crippen LogP contribution in [0.3, 0.4) is 0 Å². The van der Waals surface area contributed by atoms with Crippen LogP contribution in [0.15, 0.2) is 48.5 Å². The Morgan fingerprint density at radius 3 is 2.57 bits per heavy atom. The van der Waals surface area contributed by atoms with Crippen molar-refractivity contribution in [3.8, 4) is 0 Å². The SMILES string of the molecule is Cc1ccccc1N1CC[NH+](Cc2cccc(C(N)=O)c2)CC1. The van der Waals surface area contributed by atoms with Gasteiger partial charge in [-0.1, -0.05) is 30.3 Å². The summed E-state index contributed by atoms with van der Waals surface area (Å²) in [5.41, 5.74) is 9.83. The summed E-state index contributed by atoms with van der Waals surface area (Å²) in [6, 6.07) is 16.3. The van der Waals surface area contributed by atoms with Gasteiger partial charge in [-0.25, -0.2) is 0 Å². The number of piperazine rings is 1. The van der Waals surface area contributed by atoms with Gasteiger partial charge in [0.05, 0.1) is 26.2 Å². The van der Waals surface area contributed by atoms with Crippen LogP contribution in [-0.4, -0.2) is 32.1 Å². The first-order chi connectivity index (χ1) is 11.1. The fraction of sp³-hybridized carbons (Fsp3) is 0.316. The highest BCUT2D eigenvalue weighted by Crippen LogP contribution is 2.18. The maximum absolute atomic E-state index is 11.3. The maximum atomic E-state index is 11.3. The molecule has 1 heterocycles. The molecule has 0 aliphatic carbocycles. The van der Waals surface area contributed by atoms with E-state index in [4.69, 9.17) is 5.73 Å². The van der Waals surface area contributed by atoms with E-state index in [1.54, 1.807) is 11.0 Å². The second kappa shape index (κ2) is 6.84. The van der Waals surface area contributed by atoms with Crippen molar-refractivity contribution >= 4 is 11.6 Å². The first kappa shape index (κ1) is 15.6. The number of aryl methyl sites for hydroxylation is 1. The number of nitrogens with two attached hydrogens (primary N) is 1. The van der Waals surface area contributed by atoms with Crippen LogP contribution in [0.4, 0.5) is 5.69 Å². The molecule has 2 aromatic rings. The van der Waals surface area contributed by atoms with Gasteiger partial charge >= 0.3 is 0 Å². The number of para-hydroxylation sites is 1. The maximum Gasteiger partial charge on any atom is 0.248 e. The number of hydrogen-bond donors (Lipinski definition) is 2. The van der Waals surface area contributed by atoms with Gasteiger partial charge in [-0.2, -0.15) is 0 Å². The number of quaternary nitrogens is 1. The van der Waals surface area contributed by atoms with E-state index in [-0.39, 0.29) is 5.91 Å². The van der Waals surface area contributed by atoms with Crippen LogP contribution in [0.5, 0.6) is 0 Å². The molecule has 1 fully saturated rings.